The van der Waals surface area contributed by atoms with Crippen LogP contribution >= 0.6 is 12.4 Å². The molecule has 1 amide bonds. The van der Waals surface area contributed by atoms with Gasteiger partial charge in [-0.2, -0.15) is 0 Å². The van der Waals surface area contributed by atoms with E-state index in [-0.39, 0.29) is 30.7 Å². The van der Waals surface area contributed by atoms with Gasteiger partial charge in [-0.05, 0) is 30.7 Å². The highest BCUT2D eigenvalue weighted by molar-refractivity contribution is 6.08. The minimum atomic E-state index is -0.470. The van der Waals surface area contributed by atoms with Crippen LogP contribution in [0.4, 0.5) is 10.1 Å². The summed E-state index contributed by atoms with van der Waals surface area (Å²) in [5.74, 6) is -0.180. The molecule has 1 unspecified atom stereocenters. The summed E-state index contributed by atoms with van der Waals surface area (Å²) in [6.07, 6.45) is 0.802. The average molecular weight is 333 g/mol. The van der Waals surface area contributed by atoms with Crippen LogP contribution < -0.4 is 10.2 Å². The van der Waals surface area contributed by atoms with Crippen LogP contribution in [0.2, 0.25) is 0 Å². The number of carbonyl (C=O) groups excluding carboxylic acids is 1. The molecule has 0 radical (unpaired) electrons. The van der Waals surface area contributed by atoms with Crippen LogP contribution in [0.15, 0.2) is 48.5 Å². The standard InChI is InChI=1S/C18H17FN2O.ClH/c19-15-7-3-1-5-13(15)11-21-16-8-4-2-6-14(16)18(17(21)22)9-10-20-12-18;/h1-8,20H,9-12H2;1H. The van der Waals surface area contributed by atoms with E-state index >= 15 is 0 Å². The lowest BCUT2D eigenvalue weighted by molar-refractivity contribution is -0.122. The first kappa shape index (κ1) is 16.0. The Hall–Kier alpha value is -1.91. The molecule has 2 aromatic rings. The average Bonchev–Trinajstić information content (AvgIpc) is 3.11. The van der Waals surface area contributed by atoms with Crippen LogP contribution in [0, 0.1) is 5.82 Å². The van der Waals surface area contributed by atoms with E-state index in [0.717, 1.165) is 24.2 Å². The maximum Gasteiger partial charge on any atom is 0.239 e. The lowest BCUT2D eigenvalue weighted by Crippen LogP contribution is -2.41. The Labute approximate surface area is 140 Å². The second-order valence-electron chi connectivity index (χ2n) is 6.01. The van der Waals surface area contributed by atoms with Crippen LogP contribution in [0.25, 0.3) is 0 Å². The third-order valence-corrected chi connectivity index (χ3v) is 4.81. The predicted molar refractivity (Wildman–Crippen MR) is 90.4 cm³/mol. The molecule has 2 aliphatic rings. The topological polar surface area (TPSA) is 32.3 Å². The van der Waals surface area contributed by atoms with Crippen molar-refractivity contribution in [1.29, 1.82) is 0 Å². The SMILES string of the molecule is Cl.O=C1N(Cc2ccccc2F)c2ccccc2C12CCNC2. The zero-order valence-electron chi connectivity index (χ0n) is 12.6. The first-order chi connectivity index (χ1) is 10.7. The van der Waals surface area contributed by atoms with Gasteiger partial charge in [0.15, 0.2) is 0 Å². The Morgan fingerprint density at radius 1 is 1.13 bits per heavy atom. The molecule has 1 N–H and O–H groups in total. The minimum Gasteiger partial charge on any atom is -0.315 e. The smallest absolute Gasteiger partial charge is 0.239 e. The Balaban J connectivity index is 0.00000156. The monoisotopic (exact) mass is 332 g/mol. The van der Waals surface area contributed by atoms with E-state index in [2.05, 4.69) is 5.32 Å². The van der Waals surface area contributed by atoms with E-state index in [0.29, 0.717) is 12.1 Å². The first-order valence-electron chi connectivity index (χ1n) is 7.58. The zero-order chi connectivity index (χ0) is 15.2. The Morgan fingerprint density at radius 2 is 1.87 bits per heavy atom. The summed E-state index contributed by atoms with van der Waals surface area (Å²) in [6.45, 7) is 1.79. The molecule has 0 aliphatic carbocycles. The van der Waals surface area contributed by atoms with Crippen LogP contribution in [0.5, 0.6) is 0 Å². The molecule has 1 saturated heterocycles. The number of nitrogens with one attached hydrogen (secondary N) is 1. The van der Waals surface area contributed by atoms with Crippen molar-refractivity contribution in [2.24, 2.45) is 0 Å². The van der Waals surface area contributed by atoms with E-state index < -0.39 is 5.41 Å². The first-order valence-corrected chi connectivity index (χ1v) is 7.58. The van der Waals surface area contributed by atoms with Gasteiger partial charge in [-0.3, -0.25) is 4.79 Å². The number of hydrogen-bond acceptors (Lipinski definition) is 2. The van der Waals surface area contributed by atoms with E-state index in [1.807, 2.05) is 24.3 Å². The molecule has 120 valence electrons. The molecule has 3 nitrogen and oxygen atoms in total. The number of hydrogen-bond donors (Lipinski definition) is 1. The number of nitrogens with zero attached hydrogens (tertiary/aromatic N) is 1. The fraction of sp³-hybridized carbons (Fsp3) is 0.278. The second kappa shape index (κ2) is 5.95. The normalized spacial score (nSPS) is 22.3. The van der Waals surface area contributed by atoms with Crippen molar-refractivity contribution >= 4 is 24.0 Å². The molecule has 0 saturated carbocycles. The summed E-state index contributed by atoms with van der Waals surface area (Å²) in [4.78, 5) is 14.8. The van der Waals surface area contributed by atoms with Crippen LogP contribution in [0.1, 0.15) is 17.5 Å². The number of halogens is 2. The molecule has 5 heteroatoms. The number of rotatable bonds is 2. The van der Waals surface area contributed by atoms with Gasteiger partial charge in [0.25, 0.3) is 0 Å². The van der Waals surface area contributed by atoms with Crippen molar-refractivity contribution in [1.82, 2.24) is 5.32 Å². The van der Waals surface area contributed by atoms with E-state index in [4.69, 9.17) is 0 Å². The quantitative estimate of drug-likeness (QED) is 0.917. The number of fused-ring (bicyclic) bond motifs is 2. The lowest BCUT2D eigenvalue weighted by Gasteiger charge is -2.23. The Kier molecular flexibility index (Phi) is 4.13. The minimum absolute atomic E-state index is 0. The van der Waals surface area contributed by atoms with E-state index in [9.17, 15) is 9.18 Å². The summed E-state index contributed by atoms with van der Waals surface area (Å²) in [5.41, 5.74) is 2.07. The van der Waals surface area contributed by atoms with Crippen LogP contribution in [-0.4, -0.2) is 19.0 Å². The van der Waals surface area contributed by atoms with E-state index in [1.165, 1.54) is 6.07 Å². The van der Waals surface area contributed by atoms with Crippen molar-refractivity contribution in [3.8, 4) is 0 Å². The summed E-state index contributed by atoms with van der Waals surface area (Å²) in [7, 11) is 0. The van der Waals surface area contributed by atoms with Gasteiger partial charge < -0.3 is 10.2 Å². The van der Waals surface area contributed by atoms with Crippen molar-refractivity contribution in [3.05, 3.63) is 65.5 Å². The summed E-state index contributed by atoms with van der Waals surface area (Å²) < 4.78 is 14.0. The fourth-order valence-electron chi connectivity index (χ4n) is 3.65. The number of para-hydroxylation sites is 1. The van der Waals surface area contributed by atoms with Gasteiger partial charge >= 0.3 is 0 Å². The zero-order valence-corrected chi connectivity index (χ0v) is 13.4. The largest absolute Gasteiger partial charge is 0.315 e. The van der Waals surface area contributed by atoms with Gasteiger partial charge in [0.1, 0.15) is 5.82 Å². The predicted octanol–water partition coefficient (Wildman–Crippen LogP) is 3.03. The van der Waals surface area contributed by atoms with Gasteiger partial charge in [0.05, 0.1) is 12.0 Å². The van der Waals surface area contributed by atoms with Gasteiger partial charge in [0.2, 0.25) is 5.91 Å². The highest BCUT2D eigenvalue weighted by atomic mass is 35.5. The summed E-state index contributed by atoms with van der Waals surface area (Å²) in [6, 6.07) is 14.5. The maximum atomic E-state index is 14.0. The molecule has 1 fully saturated rings. The third kappa shape index (κ3) is 2.33. The number of anilines is 1. The Morgan fingerprint density at radius 3 is 2.61 bits per heavy atom. The molecule has 2 aliphatic heterocycles. The number of benzene rings is 2. The van der Waals surface area contributed by atoms with Gasteiger partial charge in [-0.1, -0.05) is 36.4 Å². The van der Waals surface area contributed by atoms with Gasteiger partial charge in [0, 0.05) is 17.8 Å². The molecular weight excluding hydrogens is 315 g/mol. The second-order valence-corrected chi connectivity index (χ2v) is 6.01. The maximum absolute atomic E-state index is 14.0. The fourth-order valence-corrected chi connectivity index (χ4v) is 3.65. The van der Waals surface area contributed by atoms with Crippen molar-refractivity contribution < 1.29 is 9.18 Å². The highest BCUT2D eigenvalue weighted by Crippen LogP contribution is 2.45. The van der Waals surface area contributed by atoms with Crippen LogP contribution in [0.3, 0.4) is 0 Å². The van der Waals surface area contributed by atoms with Crippen molar-refractivity contribution in [2.75, 3.05) is 18.0 Å². The molecule has 1 atom stereocenters. The molecule has 0 aromatic heterocycles. The third-order valence-electron chi connectivity index (χ3n) is 4.81. The lowest BCUT2D eigenvalue weighted by atomic mass is 9.81. The Bertz CT molecular complexity index is 743. The van der Waals surface area contributed by atoms with Gasteiger partial charge in [-0.15, -0.1) is 12.4 Å². The van der Waals surface area contributed by atoms with E-state index in [1.54, 1.807) is 23.1 Å². The molecule has 1 spiro atoms. The number of amides is 1. The highest BCUT2D eigenvalue weighted by Gasteiger charge is 2.52. The molecule has 2 aromatic carbocycles. The van der Waals surface area contributed by atoms with Gasteiger partial charge in [-0.25, -0.2) is 4.39 Å². The van der Waals surface area contributed by atoms with Crippen molar-refractivity contribution in [3.63, 3.8) is 0 Å². The molecular formula is C18H18ClFN2O. The summed E-state index contributed by atoms with van der Waals surface area (Å²) in [5, 5.41) is 3.30. The molecule has 0 bridgehead atoms. The molecule has 2 heterocycles. The van der Waals surface area contributed by atoms with Crippen LogP contribution in [-0.2, 0) is 16.8 Å². The summed E-state index contributed by atoms with van der Waals surface area (Å²) >= 11 is 0. The number of carbonyl (C=O) groups is 1. The molecule has 4 rings (SSSR count). The molecule has 23 heavy (non-hydrogen) atoms. The van der Waals surface area contributed by atoms with Crippen molar-refractivity contribution in [2.45, 2.75) is 18.4 Å².